The summed E-state index contributed by atoms with van der Waals surface area (Å²) in [6.45, 7) is 1.92. The minimum Gasteiger partial charge on any atom is -0.479 e. The van der Waals surface area contributed by atoms with E-state index in [9.17, 15) is 9.90 Å². The van der Waals surface area contributed by atoms with Crippen LogP contribution in [0.5, 0.6) is 0 Å². The number of carbonyl (C=O) groups is 1. The molecule has 6 rings (SSSR count). The summed E-state index contributed by atoms with van der Waals surface area (Å²) in [4.78, 5) is 17.8. The molecule has 188 valence electrons. The van der Waals surface area contributed by atoms with Crippen molar-refractivity contribution in [2.75, 3.05) is 11.4 Å². The molecule has 4 heteroatoms. The van der Waals surface area contributed by atoms with E-state index in [1.54, 1.807) is 0 Å². The Morgan fingerprint density at radius 2 is 1.37 bits per heavy atom. The van der Waals surface area contributed by atoms with E-state index in [4.69, 9.17) is 0 Å². The molecule has 0 amide bonds. The number of benzene rings is 4. The smallest absolute Gasteiger partial charge is 0.336 e. The predicted molar refractivity (Wildman–Crippen MR) is 151 cm³/mol. The molecule has 1 N–H and O–H groups in total. The lowest BCUT2D eigenvalue weighted by Gasteiger charge is -2.47. The second kappa shape index (κ2) is 10.2. The monoisotopic (exact) mass is 498 g/mol. The van der Waals surface area contributed by atoms with Crippen LogP contribution in [0.15, 0.2) is 115 Å². The molecule has 1 saturated heterocycles. The summed E-state index contributed by atoms with van der Waals surface area (Å²) >= 11 is 0. The third-order valence-electron chi connectivity index (χ3n) is 7.93. The largest absolute Gasteiger partial charge is 0.479 e. The Bertz CT molecular complexity index is 1480. The molecule has 4 aromatic rings. The Kier molecular flexibility index (Phi) is 6.45. The van der Waals surface area contributed by atoms with Gasteiger partial charge in [-0.3, -0.25) is 4.90 Å². The summed E-state index contributed by atoms with van der Waals surface area (Å²) in [6, 6.07) is 39.0. The molecule has 38 heavy (non-hydrogen) atoms. The number of fused-ring (bicyclic) bond motifs is 3. The van der Waals surface area contributed by atoms with Gasteiger partial charge in [0.2, 0.25) is 0 Å². The molecule has 0 aliphatic carbocycles. The molecule has 4 aromatic carbocycles. The molecule has 3 atom stereocenters. The minimum absolute atomic E-state index is 0.0723. The van der Waals surface area contributed by atoms with Crippen LogP contribution >= 0.6 is 0 Å². The van der Waals surface area contributed by atoms with Gasteiger partial charge in [0.05, 0.1) is 0 Å². The third kappa shape index (κ3) is 4.47. The number of likely N-dealkylation sites (tertiary alicyclic amines) is 1. The van der Waals surface area contributed by atoms with Crippen LogP contribution in [0.25, 0.3) is 0 Å². The van der Waals surface area contributed by atoms with Gasteiger partial charge in [-0.15, -0.1) is 0 Å². The van der Waals surface area contributed by atoms with Crippen LogP contribution in [0.4, 0.5) is 5.69 Å². The Morgan fingerprint density at radius 1 is 0.789 bits per heavy atom. The van der Waals surface area contributed by atoms with Gasteiger partial charge in [0.25, 0.3) is 0 Å². The molecule has 2 aliphatic rings. The van der Waals surface area contributed by atoms with Gasteiger partial charge in [-0.1, -0.05) is 109 Å². The van der Waals surface area contributed by atoms with Gasteiger partial charge >= 0.3 is 5.97 Å². The van der Waals surface area contributed by atoms with Crippen molar-refractivity contribution in [2.45, 2.75) is 37.0 Å². The van der Waals surface area contributed by atoms with Gasteiger partial charge in [-0.25, -0.2) is 4.79 Å². The van der Waals surface area contributed by atoms with E-state index in [0.717, 1.165) is 17.7 Å². The highest BCUT2D eigenvalue weighted by molar-refractivity contribution is 5.84. The zero-order valence-electron chi connectivity index (χ0n) is 21.2. The maximum absolute atomic E-state index is 13.2. The lowest BCUT2D eigenvalue weighted by atomic mass is 9.75. The van der Waals surface area contributed by atoms with Gasteiger partial charge < -0.3 is 10.0 Å². The first kappa shape index (κ1) is 24.0. The third-order valence-corrected chi connectivity index (χ3v) is 7.93. The molecule has 2 heterocycles. The summed E-state index contributed by atoms with van der Waals surface area (Å²) in [6.07, 6.45) is 0.433. The molecule has 0 saturated carbocycles. The fraction of sp³-hybridized carbons (Fsp3) is 0.206. The molecule has 0 aromatic heterocycles. The van der Waals surface area contributed by atoms with E-state index >= 15 is 0 Å². The second-order valence-corrected chi connectivity index (χ2v) is 10.2. The number of anilines is 1. The van der Waals surface area contributed by atoms with Gasteiger partial charge in [0, 0.05) is 42.8 Å². The molecule has 4 nitrogen and oxygen atoms in total. The van der Waals surface area contributed by atoms with Crippen LogP contribution in [0.3, 0.4) is 0 Å². The standard InChI is InChI=1S/C34H30N2O2/c37-33(38)34(21-20-26-12-4-1-5-13-26)22-30-29-18-10-11-19-31(29)36(24-28-16-8-3-9-17-28)32(30)25-35(34)23-27-14-6-2-7-15-27/h1-19,30,32H,22-25H2,(H,37,38). The number of aliphatic carboxylic acids is 1. The zero-order valence-corrected chi connectivity index (χ0v) is 21.2. The van der Waals surface area contributed by atoms with E-state index in [1.165, 1.54) is 16.8 Å². The van der Waals surface area contributed by atoms with Crippen molar-refractivity contribution in [3.63, 3.8) is 0 Å². The molecule has 0 bridgehead atoms. The van der Waals surface area contributed by atoms with Crippen molar-refractivity contribution in [3.8, 4) is 11.8 Å². The summed E-state index contributed by atoms with van der Waals surface area (Å²) in [7, 11) is 0. The Balaban J connectivity index is 1.44. The second-order valence-electron chi connectivity index (χ2n) is 10.2. The van der Waals surface area contributed by atoms with Crippen molar-refractivity contribution in [2.24, 2.45) is 0 Å². The lowest BCUT2D eigenvalue weighted by Crippen LogP contribution is -2.62. The van der Waals surface area contributed by atoms with Crippen LogP contribution in [-0.4, -0.2) is 34.1 Å². The minimum atomic E-state index is -1.30. The fourth-order valence-electron chi connectivity index (χ4n) is 6.06. The first-order chi connectivity index (χ1) is 18.6. The predicted octanol–water partition coefficient (Wildman–Crippen LogP) is 5.94. The summed E-state index contributed by atoms with van der Waals surface area (Å²) < 4.78 is 0. The van der Waals surface area contributed by atoms with Crippen LogP contribution in [0.1, 0.15) is 34.6 Å². The average molecular weight is 499 g/mol. The first-order valence-electron chi connectivity index (χ1n) is 13.1. The Labute approximate surface area is 224 Å². The molecule has 0 spiro atoms. The highest BCUT2D eigenvalue weighted by Gasteiger charge is 2.55. The van der Waals surface area contributed by atoms with Gasteiger partial charge in [0.15, 0.2) is 5.54 Å². The van der Waals surface area contributed by atoms with Crippen molar-refractivity contribution in [1.82, 2.24) is 4.90 Å². The van der Waals surface area contributed by atoms with E-state index < -0.39 is 11.5 Å². The van der Waals surface area contributed by atoms with E-state index in [2.05, 4.69) is 82.3 Å². The fourth-order valence-corrected chi connectivity index (χ4v) is 6.06. The zero-order chi connectivity index (χ0) is 26.0. The molecule has 0 radical (unpaired) electrons. The topological polar surface area (TPSA) is 43.8 Å². The number of carboxylic acids is 1. The molecular formula is C34H30N2O2. The molecular weight excluding hydrogens is 468 g/mol. The number of rotatable bonds is 5. The number of hydrogen-bond donors (Lipinski definition) is 1. The van der Waals surface area contributed by atoms with E-state index in [1.807, 2.05) is 54.6 Å². The SMILES string of the molecule is O=C(O)C1(C#Cc2ccccc2)CC2c3ccccc3N(Cc3ccccc3)C2CN1Cc1ccccc1. The first-order valence-corrected chi connectivity index (χ1v) is 13.1. The number of piperidine rings is 1. The highest BCUT2D eigenvalue weighted by Crippen LogP contribution is 2.50. The maximum Gasteiger partial charge on any atom is 0.336 e. The van der Waals surface area contributed by atoms with Gasteiger partial charge in [-0.05, 0) is 41.3 Å². The summed E-state index contributed by atoms with van der Waals surface area (Å²) in [5.74, 6) is 5.70. The molecule has 2 aliphatic heterocycles. The Hall–Kier alpha value is -4.33. The number of nitrogens with zero attached hydrogens (tertiary/aromatic N) is 2. The van der Waals surface area contributed by atoms with Crippen LogP contribution in [-0.2, 0) is 17.9 Å². The number of para-hydroxylation sites is 1. The molecule has 3 unspecified atom stereocenters. The van der Waals surface area contributed by atoms with Gasteiger partial charge in [-0.2, -0.15) is 0 Å². The van der Waals surface area contributed by atoms with Crippen LogP contribution < -0.4 is 4.90 Å². The number of carboxylic acid groups (broad SMARTS) is 1. The van der Waals surface area contributed by atoms with Crippen molar-refractivity contribution < 1.29 is 9.90 Å². The number of hydrogen-bond acceptors (Lipinski definition) is 3. The lowest BCUT2D eigenvalue weighted by molar-refractivity contribution is -0.150. The van der Waals surface area contributed by atoms with Crippen molar-refractivity contribution >= 4 is 11.7 Å². The summed E-state index contributed by atoms with van der Waals surface area (Å²) in [5, 5.41) is 10.8. The Morgan fingerprint density at radius 3 is 2.03 bits per heavy atom. The summed E-state index contributed by atoms with van der Waals surface area (Å²) in [5.41, 5.74) is 4.28. The van der Waals surface area contributed by atoms with Gasteiger partial charge in [0.1, 0.15) is 0 Å². The molecule has 1 fully saturated rings. The maximum atomic E-state index is 13.2. The highest BCUT2D eigenvalue weighted by atomic mass is 16.4. The quantitative estimate of drug-likeness (QED) is 0.346. The normalized spacial score (nSPS) is 22.2. The van der Waals surface area contributed by atoms with E-state index in [0.29, 0.717) is 19.5 Å². The van der Waals surface area contributed by atoms with Crippen LogP contribution in [0.2, 0.25) is 0 Å². The average Bonchev–Trinajstić information content (AvgIpc) is 3.25. The van der Waals surface area contributed by atoms with E-state index in [-0.39, 0.29) is 12.0 Å². The van der Waals surface area contributed by atoms with Crippen molar-refractivity contribution in [1.29, 1.82) is 0 Å². The van der Waals surface area contributed by atoms with Crippen molar-refractivity contribution in [3.05, 3.63) is 138 Å². The van der Waals surface area contributed by atoms with Crippen LogP contribution in [0, 0.1) is 11.8 Å².